The zero-order valence-corrected chi connectivity index (χ0v) is 17.3. The molecule has 0 aliphatic heterocycles. The number of hydrogen-bond donors (Lipinski definition) is 0. The molecule has 0 aromatic heterocycles. The number of methoxy groups -OCH3 is 1. The standard InChI is InChI=1S/C25H35NO2/c1-28-25(27)18-12-4-2-3-5-13-20-26(22-24-16-10-7-11-17-24)21-19-23-14-8-6-9-15-23/h6-11,14-17H,2-5,12-13,18-22H2,1H3. The first kappa shape index (κ1) is 22.2. The Morgan fingerprint density at radius 1 is 0.750 bits per heavy atom. The normalized spacial score (nSPS) is 10.9. The van der Waals surface area contributed by atoms with Gasteiger partial charge in [-0.15, -0.1) is 0 Å². The van der Waals surface area contributed by atoms with Gasteiger partial charge in [0.1, 0.15) is 0 Å². The van der Waals surface area contributed by atoms with Gasteiger partial charge in [0.15, 0.2) is 0 Å². The van der Waals surface area contributed by atoms with Crippen LogP contribution in [0.5, 0.6) is 0 Å². The van der Waals surface area contributed by atoms with E-state index in [-0.39, 0.29) is 5.97 Å². The number of ether oxygens (including phenoxy) is 1. The van der Waals surface area contributed by atoms with Crippen LogP contribution in [0, 0.1) is 0 Å². The number of unbranched alkanes of at least 4 members (excludes halogenated alkanes) is 5. The third-order valence-corrected chi connectivity index (χ3v) is 5.14. The minimum atomic E-state index is -0.0880. The summed E-state index contributed by atoms with van der Waals surface area (Å²) in [5.41, 5.74) is 2.80. The van der Waals surface area contributed by atoms with E-state index in [0.29, 0.717) is 6.42 Å². The van der Waals surface area contributed by atoms with Gasteiger partial charge in [0.05, 0.1) is 7.11 Å². The minimum absolute atomic E-state index is 0.0880. The van der Waals surface area contributed by atoms with Crippen LogP contribution in [0.15, 0.2) is 60.7 Å². The Bertz CT molecular complexity index is 642. The molecule has 0 amide bonds. The molecule has 152 valence electrons. The van der Waals surface area contributed by atoms with Crippen LogP contribution < -0.4 is 0 Å². The summed E-state index contributed by atoms with van der Waals surface area (Å²) < 4.78 is 4.68. The zero-order chi connectivity index (χ0) is 19.9. The second-order valence-corrected chi connectivity index (χ2v) is 7.44. The van der Waals surface area contributed by atoms with Crippen molar-refractivity contribution in [1.82, 2.24) is 4.90 Å². The molecule has 0 N–H and O–H groups in total. The molecule has 3 heteroatoms. The summed E-state index contributed by atoms with van der Waals surface area (Å²) in [7, 11) is 1.46. The summed E-state index contributed by atoms with van der Waals surface area (Å²) in [5.74, 6) is -0.0880. The number of esters is 1. The third-order valence-electron chi connectivity index (χ3n) is 5.14. The van der Waals surface area contributed by atoms with Crippen molar-refractivity contribution < 1.29 is 9.53 Å². The van der Waals surface area contributed by atoms with Gasteiger partial charge in [-0.3, -0.25) is 9.69 Å². The quantitative estimate of drug-likeness (QED) is 0.313. The van der Waals surface area contributed by atoms with E-state index < -0.39 is 0 Å². The molecule has 0 heterocycles. The van der Waals surface area contributed by atoms with E-state index >= 15 is 0 Å². The van der Waals surface area contributed by atoms with Gasteiger partial charge in [-0.1, -0.05) is 86.3 Å². The Hall–Kier alpha value is -2.13. The molecule has 0 spiro atoms. The molecule has 28 heavy (non-hydrogen) atoms. The fourth-order valence-electron chi connectivity index (χ4n) is 3.46. The Labute approximate surface area is 170 Å². The topological polar surface area (TPSA) is 29.5 Å². The van der Waals surface area contributed by atoms with Crippen molar-refractivity contribution >= 4 is 5.97 Å². The number of carbonyl (C=O) groups excluding carboxylic acids is 1. The van der Waals surface area contributed by atoms with E-state index in [1.165, 1.54) is 43.9 Å². The van der Waals surface area contributed by atoms with Crippen molar-refractivity contribution in [3.63, 3.8) is 0 Å². The van der Waals surface area contributed by atoms with Gasteiger partial charge in [-0.25, -0.2) is 0 Å². The number of benzene rings is 2. The molecule has 0 fully saturated rings. The predicted molar refractivity (Wildman–Crippen MR) is 116 cm³/mol. The SMILES string of the molecule is COC(=O)CCCCCCCCN(CCc1ccccc1)Cc1ccccc1. The largest absolute Gasteiger partial charge is 0.469 e. The molecule has 0 aliphatic rings. The van der Waals surface area contributed by atoms with Crippen molar-refractivity contribution in [3.8, 4) is 0 Å². The van der Waals surface area contributed by atoms with Gasteiger partial charge in [0.2, 0.25) is 0 Å². The zero-order valence-electron chi connectivity index (χ0n) is 17.3. The lowest BCUT2D eigenvalue weighted by Crippen LogP contribution is -2.27. The lowest BCUT2D eigenvalue weighted by atomic mass is 10.1. The first-order valence-electron chi connectivity index (χ1n) is 10.6. The van der Waals surface area contributed by atoms with Gasteiger partial charge in [-0.05, 0) is 36.9 Å². The molecular formula is C25H35NO2. The fourth-order valence-corrected chi connectivity index (χ4v) is 3.46. The maximum absolute atomic E-state index is 11.1. The first-order chi connectivity index (χ1) is 13.8. The Balaban J connectivity index is 1.67. The highest BCUT2D eigenvalue weighted by Crippen LogP contribution is 2.11. The van der Waals surface area contributed by atoms with Crippen molar-refractivity contribution in [1.29, 1.82) is 0 Å². The van der Waals surface area contributed by atoms with E-state index in [4.69, 9.17) is 0 Å². The molecule has 0 bridgehead atoms. The van der Waals surface area contributed by atoms with E-state index in [2.05, 4.69) is 70.3 Å². The smallest absolute Gasteiger partial charge is 0.305 e. The van der Waals surface area contributed by atoms with Crippen molar-refractivity contribution in [3.05, 3.63) is 71.8 Å². The molecular weight excluding hydrogens is 346 g/mol. The minimum Gasteiger partial charge on any atom is -0.469 e. The average molecular weight is 382 g/mol. The van der Waals surface area contributed by atoms with Gasteiger partial charge in [0, 0.05) is 19.5 Å². The van der Waals surface area contributed by atoms with Crippen molar-refractivity contribution in [2.45, 2.75) is 57.9 Å². The van der Waals surface area contributed by atoms with Gasteiger partial charge in [-0.2, -0.15) is 0 Å². The van der Waals surface area contributed by atoms with Crippen LogP contribution in [0.3, 0.4) is 0 Å². The van der Waals surface area contributed by atoms with Crippen LogP contribution in [0.1, 0.15) is 56.1 Å². The number of nitrogens with zero attached hydrogens (tertiary/aromatic N) is 1. The fraction of sp³-hybridized carbons (Fsp3) is 0.480. The summed E-state index contributed by atoms with van der Waals surface area (Å²) in [4.78, 5) is 13.7. The highest BCUT2D eigenvalue weighted by molar-refractivity contribution is 5.68. The van der Waals surface area contributed by atoms with Crippen LogP contribution in [0.25, 0.3) is 0 Å². The molecule has 0 radical (unpaired) electrons. The second kappa shape index (κ2) is 14.0. The summed E-state index contributed by atoms with van der Waals surface area (Å²) in [6.45, 7) is 3.26. The number of hydrogen-bond acceptors (Lipinski definition) is 3. The Morgan fingerprint density at radius 3 is 1.96 bits per heavy atom. The molecule has 3 nitrogen and oxygen atoms in total. The molecule has 0 atom stereocenters. The van der Waals surface area contributed by atoms with E-state index in [1.807, 2.05) is 0 Å². The van der Waals surface area contributed by atoms with Crippen LogP contribution in [0.4, 0.5) is 0 Å². The predicted octanol–water partition coefficient (Wildman–Crippen LogP) is 5.64. The van der Waals surface area contributed by atoms with Crippen LogP contribution in [-0.2, 0) is 22.5 Å². The Morgan fingerprint density at radius 2 is 1.32 bits per heavy atom. The molecule has 0 saturated carbocycles. The summed E-state index contributed by atoms with van der Waals surface area (Å²) in [5, 5.41) is 0. The van der Waals surface area contributed by atoms with Crippen molar-refractivity contribution in [2.75, 3.05) is 20.2 Å². The third kappa shape index (κ3) is 9.70. The summed E-state index contributed by atoms with van der Waals surface area (Å²) >= 11 is 0. The molecule has 0 unspecified atom stereocenters. The average Bonchev–Trinajstić information content (AvgIpc) is 2.74. The molecule has 0 aliphatic carbocycles. The van der Waals surface area contributed by atoms with Gasteiger partial charge >= 0.3 is 5.97 Å². The molecule has 2 aromatic rings. The highest BCUT2D eigenvalue weighted by Gasteiger charge is 2.07. The lowest BCUT2D eigenvalue weighted by Gasteiger charge is -2.22. The van der Waals surface area contributed by atoms with E-state index in [9.17, 15) is 4.79 Å². The summed E-state index contributed by atoms with van der Waals surface area (Å²) in [6, 6.07) is 21.5. The lowest BCUT2D eigenvalue weighted by molar-refractivity contribution is -0.140. The highest BCUT2D eigenvalue weighted by atomic mass is 16.5. The summed E-state index contributed by atoms with van der Waals surface area (Å²) in [6.07, 6.45) is 8.68. The van der Waals surface area contributed by atoms with Crippen molar-refractivity contribution in [2.24, 2.45) is 0 Å². The van der Waals surface area contributed by atoms with Crippen LogP contribution in [0.2, 0.25) is 0 Å². The van der Waals surface area contributed by atoms with Crippen LogP contribution >= 0.6 is 0 Å². The maximum Gasteiger partial charge on any atom is 0.305 e. The van der Waals surface area contributed by atoms with Gasteiger partial charge in [0.25, 0.3) is 0 Å². The van der Waals surface area contributed by atoms with Gasteiger partial charge < -0.3 is 4.74 Å². The first-order valence-corrected chi connectivity index (χ1v) is 10.6. The van der Waals surface area contributed by atoms with Crippen LogP contribution in [-0.4, -0.2) is 31.1 Å². The van der Waals surface area contributed by atoms with E-state index in [0.717, 1.165) is 38.9 Å². The monoisotopic (exact) mass is 381 g/mol. The van der Waals surface area contributed by atoms with E-state index in [1.54, 1.807) is 0 Å². The molecule has 2 aromatic carbocycles. The molecule has 0 saturated heterocycles. The number of rotatable bonds is 14. The Kier molecular flexibility index (Phi) is 11.0. The maximum atomic E-state index is 11.1. The number of carbonyl (C=O) groups is 1. The second-order valence-electron chi connectivity index (χ2n) is 7.44. The molecule has 2 rings (SSSR count).